The van der Waals surface area contributed by atoms with E-state index in [0.717, 1.165) is 26.1 Å². The number of aliphatic hydroxyl groups excluding tert-OH is 1. The zero-order valence-electron chi connectivity index (χ0n) is 12.9. The highest BCUT2D eigenvalue weighted by Crippen LogP contribution is 2.17. The van der Waals surface area contributed by atoms with Gasteiger partial charge in [-0.25, -0.2) is 0 Å². The van der Waals surface area contributed by atoms with Gasteiger partial charge in [-0.2, -0.15) is 0 Å². The van der Waals surface area contributed by atoms with Gasteiger partial charge in [0.05, 0.1) is 12.7 Å². The van der Waals surface area contributed by atoms with Gasteiger partial charge in [0.2, 0.25) is 0 Å². The van der Waals surface area contributed by atoms with Crippen LogP contribution in [0.2, 0.25) is 0 Å². The molecule has 0 radical (unpaired) electrons. The van der Waals surface area contributed by atoms with E-state index in [4.69, 9.17) is 15.9 Å². The number of aliphatic hydroxyl groups is 1. The lowest BCUT2D eigenvalue weighted by molar-refractivity contribution is 0.0246. The van der Waals surface area contributed by atoms with Crippen LogP contribution in [0.15, 0.2) is 12.1 Å². The molecule has 1 heterocycles. The Bertz CT molecular complexity index is 427. The molecule has 0 aliphatic rings. The summed E-state index contributed by atoms with van der Waals surface area (Å²) in [4.78, 5) is 4.84. The first kappa shape index (κ1) is 18.1. The molecule has 0 amide bonds. The molecule has 4 nitrogen and oxygen atoms in total. The van der Waals surface area contributed by atoms with Crippen LogP contribution < -0.4 is 0 Å². The van der Waals surface area contributed by atoms with E-state index in [9.17, 15) is 5.11 Å². The van der Waals surface area contributed by atoms with E-state index in [1.165, 1.54) is 9.75 Å². The Balaban J connectivity index is 2.45. The fourth-order valence-corrected chi connectivity index (χ4v) is 3.00. The first-order chi connectivity index (χ1) is 10.2. The SMILES string of the molecule is C#CCOCC(O)CN(CCCOC)Cc1ccc(C)s1. The van der Waals surface area contributed by atoms with Crippen molar-refractivity contribution in [1.29, 1.82) is 0 Å². The summed E-state index contributed by atoms with van der Waals surface area (Å²) in [5.74, 6) is 2.40. The molecule has 1 aromatic heterocycles. The summed E-state index contributed by atoms with van der Waals surface area (Å²) in [7, 11) is 1.70. The molecule has 1 unspecified atom stereocenters. The summed E-state index contributed by atoms with van der Waals surface area (Å²) < 4.78 is 10.3. The largest absolute Gasteiger partial charge is 0.389 e. The van der Waals surface area contributed by atoms with Crippen LogP contribution >= 0.6 is 11.3 Å². The maximum Gasteiger partial charge on any atom is 0.107 e. The average molecular weight is 311 g/mol. The van der Waals surface area contributed by atoms with E-state index in [1.54, 1.807) is 18.4 Å². The van der Waals surface area contributed by atoms with E-state index >= 15 is 0 Å². The topological polar surface area (TPSA) is 41.9 Å². The highest BCUT2D eigenvalue weighted by atomic mass is 32.1. The van der Waals surface area contributed by atoms with Crippen molar-refractivity contribution in [1.82, 2.24) is 4.90 Å². The molecule has 5 heteroatoms. The van der Waals surface area contributed by atoms with Gasteiger partial charge in [0, 0.05) is 43.1 Å². The molecular weight excluding hydrogens is 286 g/mol. The van der Waals surface area contributed by atoms with Gasteiger partial charge in [-0.15, -0.1) is 17.8 Å². The van der Waals surface area contributed by atoms with Crippen LogP contribution in [0.1, 0.15) is 16.2 Å². The monoisotopic (exact) mass is 311 g/mol. The zero-order valence-corrected chi connectivity index (χ0v) is 13.7. The number of hydrogen-bond donors (Lipinski definition) is 1. The molecule has 0 aromatic carbocycles. The molecule has 21 heavy (non-hydrogen) atoms. The minimum atomic E-state index is -0.526. The summed E-state index contributed by atoms with van der Waals surface area (Å²) >= 11 is 1.79. The standard InChI is InChI=1S/C16H25NO3S/c1-4-9-20-13-15(18)11-17(8-5-10-19-3)12-16-7-6-14(2)21-16/h1,6-7,15,18H,5,8-13H2,2-3H3. The Morgan fingerprint density at radius 1 is 1.48 bits per heavy atom. The van der Waals surface area contributed by atoms with E-state index in [-0.39, 0.29) is 13.2 Å². The fourth-order valence-electron chi connectivity index (χ4n) is 2.06. The van der Waals surface area contributed by atoms with Gasteiger partial charge in [0.25, 0.3) is 0 Å². The Morgan fingerprint density at radius 3 is 2.90 bits per heavy atom. The summed E-state index contributed by atoms with van der Waals surface area (Å²) in [6, 6.07) is 4.27. The lowest BCUT2D eigenvalue weighted by Gasteiger charge is -2.24. The van der Waals surface area contributed by atoms with Crippen molar-refractivity contribution < 1.29 is 14.6 Å². The smallest absolute Gasteiger partial charge is 0.107 e. The molecule has 0 aliphatic heterocycles. The van der Waals surface area contributed by atoms with E-state index < -0.39 is 6.10 Å². The molecular formula is C16H25NO3S. The van der Waals surface area contributed by atoms with Crippen LogP contribution in [0.4, 0.5) is 0 Å². The Hall–Kier alpha value is -0.900. The molecule has 1 N–H and O–H groups in total. The van der Waals surface area contributed by atoms with Crippen LogP contribution in [0.25, 0.3) is 0 Å². The second kappa shape index (κ2) is 10.8. The second-order valence-corrected chi connectivity index (χ2v) is 6.34. The fraction of sp³-hybridized carbons (Fsp3) is 0.625. The Morgan fingerprint density at radius 2 is 2.29 bits per heavy atom. The molecule has 1 atom stereocenters. The number of nitrogens with zero attached hydrogens (tertiary/aromatic N) is 1. The third-order valence-corrected chi connectivity index (χ3v) is 3.95. The number of rotatable bonds is 11. The summed E-state index contributed by atoms with van der Waals surface area (Å²) in [5.41, 5.74) is 0. The molecule has 0 saturated carbocycles. The van der Waals surface area contributed by atoms with Gasteiger partial charge in [0.15, 0.2) is 0 Å². The second-order valence-electron chi connectivity index (χ2n) is 4.97. The molecule has 0 spiro atoms. The molecule has 1 rings (SSSR count). The van der Waals surface area contributed by atoms with E-state index in [1.807, 2.05) is 0 Å². The average Bonchev–Trinajstić information content (AvgIpc) is 2.84. The number of thiophene rings is 1. The van der Waals surface area contributed by atoms with Crippen LogP contribution in [0, 0.1) is 19.3 Å². The molecule has 0 bridgehead atoms. The van der Waals surface area contributed by atoms with Crippen LogP contribution in [-0.4, -0.2) is 56.1 Å². The maximum absolute atomic E-state index is 10.0. The lowest BCUT2D eigenvalue weighted by Crippen LogP contribution is -2.35. The van der Waals surface area contributed by atoms with Crippen molar-refractivity contribution in [3.8, 4) is 12.3 Å². The third kappa shape index (κ3) is 8.20. The normalized spacial score (nSPS) is 12.5. The molecule has 1 aromatic rings. The number of terminal acetylenes is 1. The number of aryl methyl sites for hydroxylation is 1. The molecule has 0 saturated heterocycles. The summed E-state index contributed by atoms with van der Waals surface area (Å²) in [6.07, 6.45) is 5.54. The number of hydrogen-bond acceptors (Lipinski definition) is 5. The third-order valence-electron chi connectivity index (χ3n) is 2.96. The van der Waals surface area contributed by atoms with Crippen molar-refractivity contribution in [3.63, 3.8) is 0 Å². The highest BCUT2D eigenvalue weighted by molar-refractivity contribution is 7.11. The van der Waals surface area contributed by atoms with E-state index in [2.05, 4.69) is 29.9 Å². The van der Waals surface area contributed by atoms with Gasteiger partial charge < -0.3 is 14.6 Å². The van der Waals surface area contributed by atoms with E-state index in [0.29, 0.717) is 6.54 Å². The lowest BCUT2D eigenvalue weighted by atomic mass is 10.3. The van der Waals surface area contributed by atoms with Gasteiger partial charge in [0.1, 0.15) is 6.61 Å². The number of methoxy groups -OCH3 is 1. The first-order valence-electron chi connectivity index (χ1n) is 7.11. The minimum Gasteiger partial charge on any atom is -0.389 e. The quantitative estimate of drug-likeness (QED) is 0.501. The van der Waals surface area contributed by atoms with Gasteiger partial charge in [-0.3, -0.25) is 4.90 Å². The first-order valence-corrected chi connectivity index (χ1v) is 7.93. The Labute approximate surface area is 131 Å². The predicted octanol–water partition coefficient (Wildman–Crippen LogP) is 1.91. The Kier molecular flexibility index (Phi) is 9.31. The van der Waals surface area contributed by atoms with Crippen LogP contribution in [0.5, 0.6) is 0 Å². The van der Waals surface area contributed by atoms with Crippen molar-refractivity contribution >= 4 is 11.3 Å². The predicted molar refractivity (Wildman–Crippen MR) is 86.5 cm³/mol. The van der Waals surface area contributed by atoms with Gasteiger partial charge in [-0.05, 0) is 25.5 Å². The van der Waals surface area contributed by atoms with Crippen molar-refractivity contribution in [2.24, 2.45) is 0 Å². The van der Waals surface area contributed by atoms with Crippen LogP contribution in [0.3, 0.4) is 0 Å². The summed E-state index contributed by atoms with van der Waals surface area (Å²) in [5, 5.41) is 10.0. The molecule has 0 fully saturated rings. The number of ether oxygens (including phenoxy) is 2. The summed E-state index contributed by atoms with van der Waals surface area (Å²) in [6.45, 7) is 5.64. The maximum atomic E-state index is 10.0. The van der Waals surface area contributed by atoms with Crippen LogP contribution in [-0.2, 0) is 16.0 Å². The molecule has 0 aliphatic carbocycles. The highest BCUT2D eigenvalue weighted by Gasteiger charge is 2.13. The van der Waals surface area contributed by atoms with Gasteiger partial charge >= 0.3 is 0 Å². The van der Waals surface area contributed by atoms with Crippen molar-refractivity contribution in [2.45, 2.75) is 26.0 Å². The minimum absolute atomic E-state index is 0.241. The van der Waals surface area contributed by atoms with Gasteiger partial charge in [-0.1, -0.05) is 5.92 Å². The molecule has 118 valence electrons. The van der Waals surface area contributed by atoms with Crippen molar-refractivity contribution in [2.75, 3.05) is 40.0 Å². The zero-order chi connectivity index (χ0) is 15.5. The van der Waals surface area contributed by atoms with Crippen molar-refractivity contribution in [3.05, 3.63) is 21.9 Å².